The van der Waals surface area contributed by atoms with Gasteiger partial charge in [0.1, 0.15) is 12.1 Å². The molecule has 1 fully saturated rings. The number of anilines is 1. The molecule has 2 aromatic heterocycles. The molecule has 6 nitrogen and oxygen atoms in total. The summed E-state index contributed by atoms with van der Waals surface area (Å²) in [7, 11) is 2.00. The zero-order chi connectivity index (χ0) is 15.6. The lowest BCUT2D eigenvalue weighted by molar-refractivity contribution is 0.612. The third-order valence-corrected chi connectivity index (χ3v) is 4.43. The maximum Gasteiger partial charge on any atom is 0.168 e. The van der Waals surface area contributed by atoms with Gasteiger partial charge in [0.2, 0.25) is 0 Å². The molecule has 1 aliphatic heterocycles. The number of nitrogens with zero attached hydrogens (tertiary/aromatic N) is 5. The molecule has 6 heteroatoms. The lowest BCUT2D eigenvalue weighted by Crippen LogP contribution is -2.37. The van der Waals surface area contributed by atoms with Crippen molar-refractivity contribution < 1.29 is 0 Å². The van der Waals surface area contributed by atoms with Crippen molar-refractivity contribution in [3.63, 3.8) is 0 Å². The summed E-state index contributed by atoms with van der Waals surface area (Å²) in [5.41, 5.74) is 1.87. The van der Waals surface area contributed by atoms with E-state index in [2.05, 4.69) is 25.3 Å². The van der Waals surface area contributed by atoms with Crippen LogP contribution in [-0.2, 0) is 0 Å². The molecule has 1 N–H and O–H groups in total. The Hall–Kier alpha value is -2.47. The summed E-state index contributed by atoms with van der Waals surface area (Å²) in [4.78, 5) is 11.4. The zero-order valence-corrected chi connectivity index (χ0v) is 13.2. The second kappa shape index (κ2) is 5.96. The zero-order valence-electron chi connectivity index (χ0n) is 13.2. The lowest BCUT2D eigenvalue weighted by atomic mass is 10.2. The molecule has 1 unspecified atom stereocenters. The minimum Gasteiger partial charge on any atom is -0.352 e. The van der Waals surface area contributed by atoms with Gasteiger partial charge in [-0.25, -0.2) is 14.6 Å². The van der Waals surface area contributed by atoms with Gasteiger partial charge in [0.05, 0.1) is 17.3 Å². The molecular formula is C17H20N6. The first-order valence-corrected chi connectivity index (χ1v) is 8.04. The molecule has 3 aromatic rings. The van der Waals surface area contributed by atoms with Crippen molar-refractivity contribution in [3.8, 4) is 5.69 Å². The topological polar surface area (TPSA) is 58.9 Å². The number of aromatic nitrogens is 4. The molecule has 0 radical (unpaired) electrons. The monoisotopic (exact) mass is 308 g/mol. The summed E-state index contributed by atoms with van der Waals surface area (Å²) in [5.74, 6) is 0.995. The van der Waals surface area contributed by atoms with E-state index in [1.54, 1.807) is 6.33 Å². The number of hydrogen-bond acceptors (Lipinski definition) is 5. The fourth-order valence-electron chi connectivity index (χ4n) is 3.38. The summed E-state index contributed by atoms with van der Waals surface area (Å²) in [6.45, 7) is 2.01. The average Bonchev–Trinajstić information content (AvgIpc) is 3.22. The summed E-state index contributed by atoms with van der Waals surface area (Å²) < 4.78 is 1.88. The Labute approximate surface area is 135 Å². The van der Waals surface area contributed by atoms with Crippen LogP contribution in [0.25, 0.3) is 16.7 Å². The van der Waals surface area contributed by atoms with Gasteiger partial charge >= 0.3 is 0 Å². The van der Waals surface area contributed by atoms with E-state index in [9.17, 15) is 0 Å². The van der Waals surface area contributed by atoms with Crippen LogP contribution >= 0.6 is 0 Å². The highest BCUT2D eigenvalue weighted by atomic mass is 15.3. The largest absolute Gasteiger partial charge is 0.352 e. The third-order valence-electron chi connectivity index (χ3n) is 4.43. The van der Waals surface area contributed by atoms with E-state index in [1.807, 2.05) is 48.3 Å². The molecule has 0 spiro atoms. The van der Waals surface area contributed by atoms with Gasteiger partial charge in [-0.1, -0.05) is 18.2 Å². The number of benzene rings is 1. The van der Waals surface area contributed by atoms with Crippen LogP contribution in [0.2, 0.25) is 0 Å². The number of para-hydroxylation sites is 1. The van der Waals surface area contributed by atoms with Crippen LogP contribution in [0.3, 0.4) is 0 Å². The first kappa shape index (κ1) is 14.1. The Balaban J connectivity index is 1.79. The Morgan fingerprint density at radius 2 is 2.09 bits per heavy atom. The number of rotatable bonds is 4. The van der Waals surface area contributed by atoms with Crippen LogP contribution < -0.4 is 10.2 Å². The highest BCUT2D eigenvalue weighted by Crippen LogP contribution is 2.29. The van der Waals surface area contributed by atoms with Crippen LogP contribution in [0.15, 0.2) is 42.9 Å². The molecule has 4 rings (SSSR count). The average molecular weight is 308 g/mol. The van der Waals surface area contributed by atoms with E-state index >= 15 is 0 Å². The quantitative estimate of drug-likeness (QED) is 0.799. The van der Waals surface area contributed by atoms with Gasteiger partial charge in [-0.2, -0.15) is 5.10 Å². The summed E-state index contributed by atoms with van der Waals surface area (Å²) >= 11 is 0. The number of nitrogens with one attached hydrogen (secondary N) is 1. The third kappa shape index (κ3) is 2.45. The number of likely N-dealkylation sites (N-methyl/N-ethyl adjacent to an activating group) is 1. The minimum absolute atomic E-state index is 0.484. The molecule has 0 bridgehead atoms. The Kier molecular flexibility index (Phi) is 3.67. The highest BCUT2D eigenvalue weighted by molar-refractivity contribution is 5.88. The van der Waals surface area contributed by atoms with Crippen molar-refractivity contribution in [2.24, 2.45) is 0 Å². The van der Waals surface area contributed by atoms with E-state index in [4.69, 9.17) is 0 Å². The van der Waals surface area contributed by atoms with E-state index < -0.39 is 0 Å². The van der Waals surface area contributed by atoms with Crippen molar-refractivity contribution in [2.45, 2.75) is 18.9 Å². The van der Waals surface area contributed by atoms with Gasteiger partial charge in [-0.3, -0.25) is 0 Å². The molecule has 1 atom stereocenters. The van der Waals surface area contributed by atoms with Crippen molar-refractivity contribution in [3.05, 3.63) is 42.9 Å². The maximum atomic E-state index is 4.56. The number of hydrogen-bond donors (Lipinski definition) is 1. The molecule has 0 saturated carbocycles. The van der Waals surface area contributed by atoms with E-state index in [0.717, 1.165) is 35.6 Å². The van der Waals surface area contributed by atoms with Crippen LogP contribution in [-0.4, -0.2) is 45.9 Å². The molecule has 1 saturated heterocycles. The molecular weight excluding hydrogens is 288 g/mol. The fraction of sp³-hybridized carbons (Fsp3) is 0.353. The normalized spacial score (nSPS) is 18.0. The van der Waals surface area contributed by atoms with Gasteiger partial charge in [0, 0.05) is 19.1 Å². The van der Waals surface area contributed by atoms with Crippen LogP contribution in [0.1, 0.15) is 12.8 Å². The molecule has 118 valence electrons. The Bertz CT molecular complexity index is 797. The van der Waals surface area contributed by atoms with Crippen LogP contribution in [0, 0.1) is 0 Å². The van der Waals surface area contributed by atoms with Gasteiger partial charge in [-0.15, -0.1) is 0 Å². The molecule has 3 heterocycles. The smallest absolute Gasteiger partial charge is 0.168 e. The highest BCUT2D eigenvalue weighted by Gasteiger charge is 2.27. The summed E-state index contributed by atoms with van der Waals surface area (Å²) in [5, 5.41) is 8.84. The lowest BCUT2D eigenvalue weighted by Gasteiger charge is -2.25. The molecule has 0 amide bonds. The van der Waals surface area contributed by atoms with Crippen LogP contribution in [0.5, 0.6) is 0 Å². The maximum absolute atomic E-state index is 4.56. The standard InChI is InChI=1S/C17H20N6/c1-18-10-14-8-5-9-22(14)16-15-11-21-23(17(15)20-12-19-16)13-6-3-2-4-7-13/h2-4,6-7,11-12,14,18H,5,8-10H2,1H3. The first-order valence-electron chi connectivity index (χ1n) is 8.04. The molecule has 1 aromatic carbocycles. The van der Waals surface area contributed by atoms with E-state index in [0.29, 0.717) is 6.04 Å². The Morgan fingerprint density at radius 1 is 1.22 bits per heavy atom. The predicted molar refractivity (Wildman–Crippen MR) is 91.0 cm³/mol. The number of fused-ring (bicyclic) bond motifs is 1. The van der Waals surface area contributed by atoms with Gasteiger partial charge in [-0.05, 0) is 32.0 Å². The van der Waals surface area contributed by atoms with Gasteiger partial charge in [0.25, 0.3) is 0 Å². The SMILES string of the molecule is CNCC1CCCN1c1ncnc2c1cnn2-c1ccccc1. The molecule has 23 heavy (non-hydrogen) atoms. The summed E-state index contributed by atoms with van der Waals surface area (Å²) in [6, 6.07) is 10.6. The molecule has 1 aliphatic rings. The van der Waals surface area contributed by atoms with Crippen molar-refractivity contribution in [1.29, 1.82) is 0 Å². The first-order chi connectivity index (χ1) is 11.4. The van der Waals surface area contributed by atoms with E-state index in [-0.39, 0.29) is 0 Å². The predicted octanol–water partition coefficient (Wildman–Crippen LogP) is 2.00. The van der Waals surface area contributed by atoms with Crippen molar-refractivity contribution >= 4 is 16.9 Å². The van der Waals surface area contributed by atoms with Gasteiger partial charge in [0.15, 0.2) is 5.65 Å². The second-order valence-corrected chi connectivity index (χ2v) is 5.87. The molecule has 0 aliphatic carbocycles. The van der Waals surface area contributed by atoms with E-state index in [1.165, 1.54) is 12.8 Å². The minimum atomic E-state index is 0.484. The summed E-state index contributed by atoms with van der Waals surface area (Å²) in [6.07, 6.45) is 5.92. The van der Waals surface area contributed by atoms with Gasteiger partial charge < -0.3 is 10.2 Å². The van der Waals surface area contributed by atoms with Crippen molar-refractivity contribution in [1.82, 2.24) is 25.1 Å². The second-order valence-electron chi connectivity index (χ2n) is 5.87. The van der Waals surface area contributed by atoms with Crippen molar-refractivity contribution in [2.75, 3.05) is 25.0 Å². The van der Waals surface area contributed by atoms with Crippen LogP contribution in [0.4, 0.5) is 5.82 Å². The fourth-order valence-corrected chi connectivity index (χ4v) is 3.38. The Morgan fingerprint density at radius 3 is 2.91 bits per heavy atom.